The number of carbonyl (C=O) groups excluding carboxylic acids is 2. The number of hydrogen-bond donors (Lipinski definition) is 2. The first-order chi connectivity index (χ1) is 19.7. The Morgan fingerprint density at radius 3 is 1.27 bits per heavy atom. The van der Waals surface area contributed by atoms with Gasteiger partial charge in [0.05, 0.1) is 12.1 Å². The van der Waals surface area contributed by atoms with Gasteiger partial charge in [0.15, 0.2) is 0 Å². The molecule has 2 atom stereocenters. The van der Waals surface area contributed by atoms with E-state index in [0.717, 1.165) is 44.9 Å². The lowest BCUT2D eigenvalue weighted by Crippen LogP contribution is -2.34. The van der Waals surface area contributed by atoms with Gasteiger partial charge in [-0.3, -0.25) is 9.59 Å². The Kier molecular flexibility index (Phi) is 24.7. The van der Waals surface area contributed by atoms with E-state index in [9.17, 15) is 9.59 Å². The molecule has 0 heterocycles. The van der Waals surface area contributed by atoms with Crippen LogP contribution in [0.15, 0.2) is 36.5 Å². The van der Waals surface area contributed by atoms with Crippen LogP contribution < -0.4 is 10.6 Å². The van der Waals surface area contributed by atoms with Crippen LogP contribution in [-0.4, -0.2) is 23.9 Å². The lowest BCUT2D eigenvalue weighted by Gasteiger charge is -2.07. The Balaban J connectivity index is 1.86. The van der Waals surface area contributed by atoms with E-state index in [4.69, 9.17) is 0 Å². The Morgan fingerprint density at radius 1 is 0.500 bits per heavy atom. The van der Waals surface area contributed by atoms with E-state index in [-0.39, 0.29) is 23.9 Å². The van der Waals surface area contributed by atoms with Crippen molar-refractivity contribution in [2.75, 3.05) is 0 Å². The molecule has 0 aromatic rings. The third-order valence-corrected chi connectivity index (χ3v) is 7.75. The molecule has 0 radical (unpaired) electrons. The number of unbranched alkanes of at least 4 members (excludes halogenated alkanes) is 16. The van der Waals surface area contributed by atoms with E-state index in [2.05, 4.69) is 60.9 Å². The third kappa shape index (κ3) is 24.0. The zero-order chi connectivity index (χ0) is 28.9. The fourth-order valence-electron chi connectivity index (χ4n) is 4.99. The molecule has 1 aliphatic carbocycles. The van der Waals surface area contributed by atoms with Gasteiger partial charge in [-0.2, -0.15) is 0 Å². The normalized spacial score (nSPS) is 16.9. The van der Waals surface area contributed by atoms with Crippen LogP contribution >= 0.6 is 0 Å². The monoisotopic (exact) mass is 556 g/mol. The summed E-state index contributed by atoms with van der Waals surface area (Å²) in [6.07, 6.45) is 41.3. The second kappa shape index (κ2) is 27.3. The average molecular weight is 557 g/mol. The predicted molar refractivity (Wildman–Crippen MR) is 173 cm³/mol. The SMILES string of the molecule is CCCCCC=CCC=CCCCCCCCC(=O)NC1CC1NC(=O)CCCCCCCC=CCCCCC. The quantitative estimate of drug-likeness (QED) is 0.0744. The predicted octanol–water partition coefficient (Wildman–Crippen LogP) is 10.0. The first kappa shape index (κ1) is 36.2. The van der Waals surface area contributed by atoms with Gasteiger partial charge in [-0.25, -0.2) is 0 Å². The first-order valence-electron chi connectivity index (χ1n) is 17.2. The summed E-state index contributed by atoms with van der Waals surface area (Å²) in [6, 6.07) is 0.287. The van der Waals surface area contributed by atoms with Crippen molar-refractivity contribution in [1.29, 1.82) is 0 Å². The summed E-state index contributed by atoms with van der Waals surface area (Å²) in [6.45, 7) is 4.49. The van der Waals surface area contributed by atoms with Gasteiger partial charge in [0, 0.05) is 12.8 Å². The van der Waals surface area contributed by atoms with E-state index in [1.807, 2.05) is 0 Å². The Bertz CT molecular complexity index is 697. The van der Waals surface area contributed by atoms with E-state index < -0.39 is 0 Å². The van der Waals surface area contributed by atoms with Gasteiger partial charge < -0.3 is 10.6 Å². The molecule has 2 amide bonds. The molecule has 4 heteroatoms. The minimum Gasteiger partial charge on any atom is -0.351 e. The molecular formula is C36H64N2O2. The molecule has 230 valence electrons. The molecule has 4 nitrogen and oxygen atoms in total. The molecule has 0 aliphatic heterocycles. The summed E-state index contributed by atoms with van der Waals surface area (Å²) in [5.41, 5.74) is 0. The number of carbonyl (C=O) groups is 2. The van der Waals surface area contributed by atoms with Crippen molar-refractivity contribution in [2.24, 2.45) is 0 Å². The number of hydrogen-bond acceptors (Lipinski definition) is 2. The minimum absolute atomic E-state index is 0.142. The molecule has 2 N–H and O–H groups in total. The summed E-state index contributed by atoms with van der Waals surface area (Å²) < 4.78 is 0. The third-order valence-electron chi connectivity index (χ3n) is 7.75. The van der Waals surface area contributed by atoms with Crippen LogP contribution in [-0.2, 0) is 9.59 Å². The summed E-state index contributed by atoms with van der Waals surface area (Å²) in [7, 11) is 0. The molecular weight excluding hydrogens is 492 g/mol. The molecule has 0 aromatic heterocycles. The van der Waals surface area contributed by atoms with Gasteiger partial charge in [0.1, 0.15) is 0 Å². The zero-order valence-corrected chi connectivity index (χ0v) is 26.4. The summed E-state index contributed by atoms with van der Waals surface area (Å²) >= 11 is 0. The number of allylic oxidation sites excluding steroid dienone is 6. The van der Waals surface area contributed by atoms with Crippen molar-refractivity contribution in [2.45, 2.75) is 180 Å². The summed E-state index contributed by atoms with van der Waals surface area (Å²) in [5, 5.41) is 6.20. The van der Waals surface area contributed by atoms with Gasteiger partial charge >= 0.3 is 0 Å². The number of amides is 2. The fourth-order valence-corrected chi connectivity index (χ4v) is 4.99. The van der Waals surface area contributed by atoms with Crippen LogP contribution in [0.4, 0.5) is 0 Å². The van der Waals surface area contributed by atoms with Crippen LogP contribution in [0.3, 0.4) is 0 Å². The maximum Gasteiger partial charge on any atom is 0.220 e. The average Bonchev–Trinajstić information content (AvgIpc) is 3.67. The number of rotatable bonds is 28. The van der Waals surface area contributed by atoms with Gasteiger partial charge in [0.25, 0.3) is 0 Å². The van der Waals surface area contributed by atoms with Crippen molar-refractivity contribution >= 4 is 11.8 Å². The molecule has 0 spiro atoms. The smallest absolute Gasteiger partial charge is 0.220 e. The highest BCUT2D eigenvalue weighted by atomic mass is 16.2. The highest BCUT2D eigenvalue weighted by Gasteiger charge is 2.39. The highest BCUT2D eigenvalue weighted by Crippen LogP contribution is 2.22. The minimum atomic E-state index is 0.142. The van der Waals surface area contributed by atoms with Gasteiger partial charge in [-0.15, -0.1) is 0 Å². The molecule has 1 aliphatic rings. The molecule has 0 aromatic carbocycles. The fraction of sp³-hybridized carbons (Fsp3) is 0.778. The molecule has 1 rings (SSSR count). The van der Waals surface area contributed by atoms with Gasteiger partial charge in [0.2, 0.25) is 11.8 Å². The van der Waals surface area contributed by atoms with E-state index in [1.54, 1.807) is 0 Å². The van der Waals surface area contributed by atoms with Crippen molar-refractivity contribution in [1.82, 2.24) is 10.6 Å². The second-order valence-corrected chi connectivity index (χ2v) is 11.8. The van der Waals surface area contributed by atoms with Crippen molar-refractivity contribution < 1.29 is 9.59 Å². The lowest BCUT2D eigenvalue weighted by molar-refractivity contribution is -0.123. The molecule has 0 saturated heterocycles. The maximum absolute atomic E-state index is 12.2. The maximum atomic E-state index is 12.2. The van der Waals surface area contributed by atoms with E-state index in [1.165, 1.54) is 96.3 Å². The lowest BCUT2D eigenvalue weighted by atomic mass is 10.1. The van der Waals surface area contributed by atoms with Crippen molar-refractivity contribution in [3.05, 3.63) is 36.5 Å². The zero-order valence-electron chi connectivity index (χ0n) is 26.4. The second-order valence-electron chi connectivity index (χ2n) is 11.8. The topological polar surface area (TPSA) is 58.2 Å². The Morgan fingerprint density at radius 2 is 0.850 bits per heavy atom. The standard InChI is InChI=1S/C36H64N2O2/c1-3-5-7-9-11-13-15-17-18-19-21-23-25-27-29-31-36(40)38-34-32-33(34)37-35(39)30-28-26-24-22-20-16-14-12-10-8-6-4-2/h11-14,17-18,33-34H,3-10,15-16,19-32H2,1-2H3,(H,37,39)(H,38,40). The van der Waals surface area contributed by atoms with Crippen molar-refractivity contribution in [3.8, 4) is 0 Å². The van der Waals surface area contributed by atoms with Crippen molar-refractivity contribution in [3.63, 3.8) is 0 Å². The van der Waals surface area contributed by atoms with Crippen LogP contribution in [0.5, 0.6) is 0 Å². The van der Waals surface area contributed by atoms with Crippen LogP contribution in [0.2, 0.25) is 0 Å². The van der Waals surface area contributed by atoms with Gasteiger partial charge in [-0.1, -0.05) is 115 Å². The van der Waals surface area contributed by atoms with E-state index >= 15 is 0 Å². The first-order valence-corrected chi connectivity index (χ1v) is 17.2. The molecule has 0 bridgehead atoms. The molecule has 1 fully saturated rings. The summed E-state index contributed by atoms with van der Waals surface area (Å²) in [4.78, 5) is 24.4. The highest BCUT2D eigenvalue weighted by molar-refractivity contribution is 5.78. The Hall–Kier alpha value is -1.84. The van der Waals surface area contributed by atoms with Gasteiger partial charge in [-0.05, 0) is 77.0 Å². The van der Waals surface area contributed by atoms with Crippen LogP contribution in [0.1, 0.15) is 168 Å². The van der Waals surface area contributed by atoms with E-state index in [0.29, 0.717) is 12.8 Å². The Labute approximate surface area is 248 Å². The molecule has 2 unspecified atom stereocenters. The van der Waals surface area contributed by atoms with Crippen LogP contribution in [0.25, 0.3) is 0 Å². The summed E-state index contributed by atoms with van der Waals surface area (Å²) in [5.74, 6) is 0.286. The number of nitrogens with one attached hydrogen (secondary N) is 2. The largest absolute Gasteiger partial charge is 0.351 e. The molecule has 1 saturated carbocycles. The van der Waals surface area contributed by atoms with Crippen LogP contribution in [0, 0.1) is 0 Å². The molecule has 40 heavy (non-hydrogen) atoms.